The summed E-state index contributed by atoms with van der Waals surface area (Å²) in [4.78, 5) is 51.9. The molecule has 1 heterocycles. The van der Waals surface area contributed by atoms with Gasteiger partial charge in [0.2, 0.25) is 0 Å². The lowest BCUT2D eigenvalue weighted by Crippen LogP contribution is -2.52. The number of ether oxygens (including phenoxy) is 2. The van der Waals surface area contributed by atoms with Crippen molar-refractivity contribution < 1.29 is 38.9 Å². The summed E-state index contributed by atoms with van der Waals surface area (Å²) >= 11 is 0. The molecule has 0 aromatic heterocycles. The van der Waals surface area contributed by atoms with Crippen LogP contribution in [0, 0.1) is 5.41 Å². The quantitative estimate of drug-likeness (QED) is 0.371. The number of aliphatic carboxylic acids is 2. The van der Waals surface area contributed by atoms with Gasteiger partial charge < -0.3 is 19.7 Å². The lowest BCUT2D eigenvalue weighted by Gasteiger charge is -2.39. The van der Waals surface area contributed by atoms with Crippen LogP contribution in [0.1, 0.15) is 27.2 Å². The molecule has 0 bridgehead atoms. The lowest BCUT2D eigenvalue weighted by atomic mass is 9.87. The van der Waals surface area contributed by atoms with Crippen LogP contribution in [-0.2, 0) is 28.7 Å². The predicted octanol–water partition coefficient (Wildman–Crippen LogP) is -0.557. The van der Waals surface area contributed by atoms with E-state index in [0.717, 1.165) is 6.42 Å². The van der Waals surface area contributed by atoms with E-state index in [9.17, 15) is 29.4 Å². The number of nitrogens with zero attached hydrogens (tertiary/aromatic N) is 4. The molecule has 0 spiro atoms. The summed E-state index contributed by atoms with van der Waals surface area (Å²) < 4.78 is 10.00. The Bertz CT molecular complexity index is 628. The highest BCUT2D eigenvalue weighted by Gasteiger charge is 2.29. The van der Waals surface area contributed by atoms with Crippen LogP contribution in [-0.4, -0.2) is 133 Å². The van der Waals surface area contributed by atoms with E-state index in [4.69, 9.17) is 9.47 Å². The highest BCUT2D eigenvalue weighted by molar-refractivity contribution is 5.69. The molecule has 1 unspecified atom stereocenters. The average Bonchev–Trinajstić information content (AvgIpc) is 2.69. The Balaban J connectivity index is 3.20. The number of hydrogen-bond donors (Lipinski definition) is 2. The van der Waals surface area contributed by atoms with Gasteiger partial charge in [-0.25, -0.2) is 0 Å². The van der Waals surface area contributed by atoms with Gasteiger partial charge in [-0.15, -0.1) is 0 Å². The van der Waals surface area contributed by atoms with Gasteiger partial charge in [-0.3, -0.25) is 38.8 Å². The first-order valence-corrected chi connectivity index (χ1v) is 11.0. The summed E-state index contributed by atoms with van der Waals surface area (Å²) in [6.07, 6.45) is 0.717. The standard InChI is InChI=1S/C21H38N4O8/c1-21(2,3)10-18-11-24(13-20(30)31)7-5-22(12-19(28)29)4-6-23(14-32-16-26)8-9-25(18)15-33-17-27/h16-18H,4-15H2,1-3H3,(H,28,29)(H,30,31). The number of carbonyl (C=O) groups excluding carboxylic acids is 2. The Morgan fingerprint density at radius 3 is 1.85 bits per heavy atom. The third-order valence-corrected chi connectivity index (χ3v) is 5.35. The number of carboxylic acids is 2. The molecular weight excluding hydrogens is 436 g/mol. The van der Waals surface area contributed by atoms with Gasteiger partial charge in [0.15, 0.2) is 0 Å². The Kier molecular flexibility index (Phi) is 12.9. The molecule has 1 saturated heterocycles. The zero-order valence-corrected chi connectivity index (χ0v) is 19.9. The molecule has 1 aliphatic heterocycles. The van der Waals surface area contributed by atoms with Crippen LogP contribution >= 0.6 is 0 Å². The summed E-state index contributed by atoms with van der Waals surface area (Å²) in [5, 5.41) is 18.7. The molecule has 1 atom stereocenters. The molecule has 1 fully saturated rings. The minimum absolute atomic E-state index is 0.0542. The Morgan fingerprint density at radius 1 is 0.818 bits per heavy atom. The molecule has 0 amide bonds. The van der Waals surface area contributed by atoms with Crippen molar-refractivity contribution in [1.29, 1.82) is 0 Å². The molecule has 12 heteroatoms. The van der Waals surface area contributed by atoms with Crippen molar-refractivity contribution in [2.24, 2.45) is 5.41 Å². The van der Waals surface area contributed by atoms with Crippen LogP contribution in [0.4, 0.5) is 0 Å². The predicted molar refractivity (Wildman–Crippen MR) is 118 cm³/mol. The highest BCUT2D eigenvalue weighted by atomic mass is 16.5. The second-order valence-corrected chi connectivity index (χ2v) is 9.43. The molecule has 1 rings (SSSR count). The molecule has 1 aliphatic rings. The van der Waals surface area contributed by atoms with Crippen LogP contribution in [0.25, 0.3) is 0 Å². The van der Waals surface area contributed by atoms with Crippen LogP contribution in [0.2, 0.25) is 0 Å². The lowest BCUT2D eigenvalue weighted by molar-refractivity contribution is -0.141. The number of carbonyl (C=O) groups is 4. The average molecular weight is 475 g/mol. The van der Waals surface area contributed by atoms with Crippen LogP contribution in [0.15, 0.2) is 0 Å². The zero-order valence-electron chi connectivity index (χ0n) is 19.9. The minimum Gasteiger partial charge on any atom is -0.480 e. The van der Waals surface area contributed by atoms with Gasteiger partial charge >= 0.3 is 11.9 Å². The van der Waals surface area contributed by atoms with Gasteiger partial charge in [-0.05, 0) is 11.8 Å². The highest BCUT2D eigenvalue weighted by Crippen LogP contribution is 2.24. The largest absolute Gasteiger partial charge is 0.480 e. The van der Waals surface area contributed by atoms with Gasteiger partial charge in [-0.2, -0.15) is 0 Å². The third kappa shape index (κ3) is 13.1. The first-order valence-electron chi connectivity index (χ1n) is 11.0. The fraction of sp³-hybridized carbons (Fsp3) is 0.810. The van der Waals surface area contributed by atoms with E-state index in [-0.39, 0.29) is 38.0 Å². The molecule has 33 heavy (non-hydrogen) atoms. The van der Waals surface area contributed by atoms with Gasteiger partial charge in [0.25, 0.3) is 12.9 Å². The van der Waals surface area contributed by atoms with Crippen molar-refractivity contribution in [2.45, 2.75) is 33.2 Å². The summed E-state index contributed by atoms with van der Waals surface area (Å²) in [7, 11) is 0. The van der Waals surface area contributed by atoms with E-state index in [2.05, 4.69) is 20.8 Å². The normalized spacial score (nSPS) is 20.9. The molecule has 0 radical (unpaired) electrons. The van der Waals surface area contributed by atoms with Crippen molar-refractivity contribution in [3.8, 4) is 0 Å². The Morgan fingerprint density at radius 2 is 1.30 bits per heavy atom. The summed E-state index contributed by atoms with van der Waals surface area (Å²) in [6, 6.07) is -0.120. The van der Waals surface area contributed by atoms with Crippen molar-refractivity contribution >= 4 is 24.9 Å². The van der Waals surface area contributed by atoms with E-state index >= 15 is 0 Å². The number of carboxylic acid groups (broad SMARTS) is 2. The van der Waals surface area contributed by atoms with E-state index in [0.29, 0.717) is 58.8 Å². The molecule has 0 saturated carbocycles. The van der Waals surface area contributed by atoms with Crippen LogP contribution in [0.5, 0.6) is 0 Å². The van der Waals surface area contributed by atoms with Gasteiger partial charge in [0.1, 0.15) is 13.5 Å². The zero-order chi connectivity index (χ0) is 24.9. The van der Waals surface area contributed by atoms with E-state index < -0.39 is 11.9 Å². The molecule has 0 aromatic carbocycles. The maximum atomic E-state index is 11.5. The molecule has 190 valence electrons. The fourth-order valence-corrected chi connectivity index (χ4v) is 3.89. The van der Waals surface area contributed by atoms with Gasteiger partial charge in [0.05, 0.1) is 13.1 Å². The first kappa shape index (κ1) is 28.8. The van der Waals surface area contributed by atoms with Gasteiger partial charge in [-0.1, -0.05) is 20.8 Å². The van der Waals surface area contributed by atoms with E-state index in [1.54, 1.807) is 9.80 Å². The van der Waals surface area contributed by atoms with E-state index in [1.165, 1.54) is 0 Å². The van der Waals surface area contributed by atoms with Crippen molar-refractivity contribution in [3.05, 3.63) is 0 Å². The van der Waals surface area contributed by atoms with Crippen molar-refractivity contribution in [3.63, 3.8) is 0 Å². The molecule has 12 nitrogen and oxygen atoms in total. The Hall–Kier alpha value is -2.28. The van der Waals surface area contributed by atoms with Crippen LogP contribution in [0.3, 0.4) is 0 Å². The molecule has 0 aliphatic carbocycles. The van der Waals surface area contributed by atoms with E-state index in [1.807, 2.05) is 9.80 Å². The first-order chi connectivity index (χ1) is 15.5. The number of rotatable bonds is 11. The molecule has 2 N–H and O–H groups in total. The second-order valence-electron chi connectivity index (χ2n) is 9.43. The van der Waals surface area contributed by atoms with Crippen LogP contribution < -0.4 is 0 Å². The van der Waals surface area contributed by atoms with Gasteiger partial charge in [0, 0.05) is 51.9 Å². The molecule has 0 aromatic rings. The SMILES string of the molecule is CC(C)(C)CC1CN(CC(=O)O)CCN(CC(=O)O)CCN(COC=O)CCN1COC=O. The van der Waals surface area contributed by atoms with Crippen molar-refractivity contribution in [1.82, 2.24) is 19.6 Å². The Labute approximate surface area is 195 Å². The maximum absolute atomic E-state index is 11.5. The fourth-order valence-electron chi connectivity index (χ4n) is 3.89. The summed E-state index contributed by atoms with van der Waals surface area (Å²) in [5.41, 5.74) is -0.0777. The smallest absolute Gasteiger partial charge is 0.317 e. The summed E-state index contributed by atoms with van der Waals surface area (Å²) in [5.74, 6) is -1.93. The maximum Gasteiger partial charge on any atom is 0.317 e. The van der Waals surface area contributed by atoms with Crippen molar-refractivity contribution in [2.75, 3.05) is 72.4 Å². The second kappa shape index (κ2) is 14.8. The summed E-state index contributed by atoms with van der Waals surface area (Å²) in [6.45, 7) is 9.75. The monoisotopic (exact) mass is 474 g/mol. The number of hydrogen-bond acceptors (Lipinski definition) is 10. The topological polar surface area (TPSA) is 140 Å². The minimum atomic E-state index is -0.967. The third-order valence-electron chi connectivity index (χ3n) is 5.35. The molecular formula is C21H38N4O8.